The van der Waals surface area contributed by atoms with Gasteiger partial charge in [0.15, 0.2) is 0 Å². The number of halogens is 2. The van der Waals surface area contributed by atoms with Gasteiger partial charge in [0.25, 0.3) is 0 Å². The first-order valence-corrected chi connectivity index (χ1v) is 6.25. The molecule has 0 rings (SSSR count). The van der Waals surface area contributed by atoms with Crippen LogP contribution in [0.3, 0.4) is 0 Å². The van der Waals surface area contributed by atoms with E-state index < -0.39 is 6.10 Å². The molecule has 73 valence electrons. The second kappa shape index (κ2) is 5.61. The van der Waals surface area contributed by atoms with Gasteiger partial charge in [0.1, 0.15) is 0 Å². The molecule has 12 heavy (non-hydrogen) atoms. The van der Waals surface area contributed by atoms with Crippen LogP contribution in [0.4, 0.5) is 0 Å². The van der Waals surface area contributed by atoms with Crippen LogP contribution in [0.2, 0.25) is 0 Å². The van der Waals surface area contributed by atoms with Gasteiger partial charge in [-0.25, -0.2) is 5.11 Å². The van der Waals surface area contributed by atoms with Gasteiger partial charge in [-0.05, 0) is 19.3 Å². The largest absolute Gasteiger partial charge is 0.233 e. The average molecular weight is 301 g/mol. The molecule has 0 fully saturated rings. The molecule has 0 aromatic carbocycles. The third-order valence-electron chi connectivity index (χ3n) is 2.18. The third kappa shape index (κ3) is 4.83. The lowest BCUT2D eigenvalue weighted by molar-refractivity contribution is 0.0300. The lowest BCUT2D eigenvalue weighted by atomic mass is 9.94. The first-order valence-electron chi connectivity index (χ1n) is 4.33. The summed E-state index contributed by atoms with van der Waals surface area (Å²) in [6, 6.07) is 0. The van der Waals surface area contributed by atoms with Gasteiger partial charge in [0.05, 0.1) is 6.10 Å². The Morgan fingerprint density at radius 1 is 1.50 bits per heavy atom. The highest BCUT2D eigenvalue weighted by Gasteiger charge is 2.26. The summed E-state index contributed by atoms with van der Waals surface area (Å²) in [5.41, 5.74) is 0. The number of hydrogen-bond acceptors (Lipinski definition) is 0. The molecule has 0 aliphatic heterocycles. The molecule has 0 saturated heterocycles. The minimum Gasteiger partial charge on any atom is -0.233 e. The van der Waals surface area contributed by atoms with Crippen molar-refractivity contribution < 1.29 is 5.11 Å². The summed E-state index contributed by atoms with van der Waals surface area (Å²) in [6.45, 7) is 6.14. The molecular formula is C9H17Br2O. The molecule has 3 heteroatoms. The second-order valence-corrected chi connectivity index (χ2v) is 6.15. The van der Waals surface area contributed by atoms with E-state index in [1.54, 1.807) is 0 Å². The van der Waals surface area contributed by atoms with Crippen molar-refractivity contribution in [3.8, 4) is 0 Å². The van der Waals surface area contributed by atoms with E-state index in [1.807, 2.05) is 6.92 Å². The summed E-state index contributed by atoms with van der Waals surface area (Å²) in [4.78, 5) is 0. The van der Waals surface area contributed by atoms with Gasteiger partial charge in [-0.2, -0.15) is 0 Å². The minimum absolute atomic E-state index is 0.0388. The molecule has 1 nitrogen and oxygen atoms in total. The maximum Gasteiger partial charge on any atom is 0.0968 e. The van der Waals surface area contributed by atoms with Crippen LogP contribution in [0.15, 0.2) is 0 Å². The van der Waals surface area contributed by atoms with Gasteiger partial charge in [-0.3, -0.25) is 0 Å². The highest BCUT2D eigenvalue weighted by atomic mass is 79.9. The van der Waals surface area contributed by atoms with Crippen LogP contribution in [-0.4, -0.2) is 15.8 Å². The monoisotopic (exact) mass is 299 g/mol. The van der Waals surface area contributed by atoms with Crippen molar-refractivity contribution >= 4 is 31.9 Å². The van der Waals surface area contributed by atoms with Crippen molar-refractivity contribution in [2.75, 3.05) is 5.33 Å². The summed E-state index contributed by atoms with van der Waals surface area (Å²) < 4.78 is -0.0388. The predicted molar refractivity (Wildman–Crippen MR) is 59.7 cm³/mol. The van der Waals surface area contributed by atoms with Gasteiger partial charge >= 0.3 is 0 Å². The van der Waals surface area contributed by atoms with E-state index >= 15 is 0 Å². The highest BCUT2D eigenvalue weighted by Crippen LogP contribution is 2.28. The normalized spacial score (nSPS) is 21.5. The Kier molecular flexibility index (Phi) is 6.04. The van der Waals surface area contributed by atoms with Crippen LogP contribution in [-0.2, 0) is 5.11 Å². The van der Waals surface area contributed by atoms with E-state index in [-0.39, 0.29) is 10.2 Å². The fraction of sp³-hybridized carbons (Fsp3) is 1.00. The van der Waals surface area contributed by atoms with E-state index in [0.717, 1.165) is 11.8 Å². The van der Waals surface area contributed by atoms with Crippen LogP contribution in [0, 0.1) is 5.92 Å². The summed E-state index contributed by atoms with van der Waals surface area (Å²) in [5.74, 6) is 0.279. The first kappa shape index (κ1) is 12.9. The van der Waals surface area contributed by atoms with Crippen molar-refractivity contribution in [1.82, 2.24) is 0 Å². The standard InChI is InChI=1S/C9H17Br2O/c1-4-7(2)8(12)5-9(3,11)6-10/h7-8H,4-6H2,1-3H3. The Morgan fingerprint density at radius 2 is 2.00 bits per heavy atom. The van der Waals surface area contributed by atoms with Gasteiger partial charge in [-0.15, -0.1) is 0 Å². The first-order chi connectivity index (χ1) is 5.43. The summed E-state index contributed by atoms with van der Waals surface area (Å²) in [6.07, 6.45) is 1.21. The van der Waals surface area contributed by atoms with Gasteiger partial charge in [0, 0.05) is 9.65 Å². The Balaban J connectivity index is 3.90. The number of rotatable bonds is 5. The lowest BCUT2D eigenvalue weighted by Crippen LogP contribution is -2.28. The Hall–Kier alpha value is 0.920. The molecule has 0 heterocycles. The van der Waals surface area contributed by atoms with E-state index in [1.165, 1.54) is 0 Å². The molecule has 1 radical (unpaired) electrons. The van der Waals surface area contributed by atoms with E-state index in [4.69, 9.17) is 0 Å². The molecule has 0 spiro atoms. The molecule has 0 aliphatic carbocycles. The molecule has 0 N–H and O–H groups in total. The molecule has 0 amide bonds. The summed E-state index contributed by atoms with van der Waals surface area (Å²) >= 11 is 6.92. The Morgan fingerprint density at radius 3 is 2.33 bits per heavy atom. The smallest absolute Gasteiger partial charge is 0.0968 e. The molecule has 0 aliphatic rings. The van der Waals surface area contributed by atoms with Crippen molar-refractivity contribution in [3.05, 3.63) is 0 Å². The summed E-state index contributed by atoms with van der Waals surface area (Å²) in [5, 5.41) is 12.4. The van der Waals surface area contributed by atoms with Crippen molar-refractivity contribution in [3.63, 3.8) is 0 Å². The van der Waals surface area contributed by atoms with Crippen LogP contribution < -0.4 is 0 Å². The zero-order valence-corrected chi connectivity index (χ0v) is 11.1. The van der Waals surface area contributed by atoms with Gasteiger partial charge in [-0.1, -0.05) is 52.1 Å². The van der Waals surface area contributed by atoms with Crippen LogP contribution in [0.5, 0.6) is 0 Å². The molecule has 0 aromatic heterocycles. The Labute approximate surface area is 92.2 Å². The zero-order valence-electron chi connectivity index (χ0n) is 7.94. The van der Waals surface area contributed by atoms with Crippen LogP contribution in [0.25, 0.3) is 0 Å². The predicted octanol–water partition coefficient (Wildman–Crippen LogP) is 3.77. The zero-order chi connectivity index (χ0) is 9.78. The van der Waals surface area contributed by atoms with Crippen LogP contribution in [0.1, 0.15) is 33.6 Å². The van der Waals surface area contributed by atoms with E-state index in [2.05, 4.69) is 45.7 Å². The third-order valence-corrected chi connectivity index (χ3v) is 4.78. The molecule has 3 unspecified atom stereocenters. The molecule has 0 saturated carbocycles. The number of hydrogen-bond donors (Lipinski definition) is 0. The van der Waals surface area contributed by atoms with E-state index in [0.29, 0.717) is 6.42 Å². The SMILES string of the molecule is CCC(C)C([O])CC(C)(Br)CBr. The summed E-state index contributed by atoms with van der Waals surface area (Å²) in [7, 11) is 0. The maximum atomic E-state index is 11.6. The quantitative estimate of drug-likeness (QED) is 0.689. The van der Waals surface area contributed by atoms with E-state index in [9.17, 15) is 5.11 Å². The van der Waals surface area contributed by atoms with Gasteiger partial charge in [0.2, 0.25) is 0 Å². The van der Waals surface area contributed by atoms with Crippen molar-refractivity contribution in [2.45, 2.75) is 44.0 Å². The van der Waals surface area contributed by atoms with Crippen molar-refractivity contribution in [1.29, 1.82) is 0 Å². The fourth-order valence-corrected chi connectivity index (χ4v) is 1.49. The fourth-order valence-electron chi connectivity index (χ4n) is 0.938. The number of alkyl halides is 2. The molecule has 0 bridgehead atoms. The highest BCUT2D eigenvalue weighted by molar-refractivity contribution is 9.12. The maximum absolute atomic E-state index is 11.6. The molecule has 0 aromatic rings. The molecule has 3 atom stereocenters. The topological polar surface area (TPSA) is 19.9 Å². The van der Waals surface area contributed by atoms with Crippen molar-refractivity contribution in [2.24, 2.45) is 5.92 Å². The average Bonchev–Trinajstić information content (AvgIpc) is 2.02. The lowest BCUT2D eigenvalue weighted by Gasteiger charge is -2.24. The van der Waals surface area contributed by atoms with Gasteiger partial charge < -0.3 is 0 Å². The minimum atomic E-state index is -0.447. The second-order valence-electron chi connectivity index (χ2n) is 3.68. The molecular weight excluding hydrogens is 284 g/mol. The Bertz CT molecular complexity index is 126. The van der Waals surface area contributed by atoms with Crippen LogP contribution >= 0.6 is 31.9 Å².